The molecule has 0 amide bonds. The topological polar surface area (TPSA) is 12.0 Å². The highest BCUT2D eigenvalue weighted by molar-refractivity contribution is 5.22. The summed E-state index contributed by atoms with van der Waals surface area (Å²) in [5, 5.41) is 3.26. The maximum Gasteiger partial charge on any atom is 0.126 e. The van der Waals surface area contributed by atoms with Crippen molar-refractivity contribution in [2.75, 3.05) is 6.54 Å². The van der Waals surface area contributed by atoms with E-state index in [4.69, 9.17) is 0 Å². The van der Waals surface area contributed by atoms with Gasteiger partial charge in [0.2, 0.25) is 0 Å². The Morgan fingerprint density at radius 3 is 2.56 bits per heavy atom. The molecule has 0 saturated heterocycles. The van der Waals surface area contributed by atoms with Gasteiger partial charge in [0, 0.05) is 6.04 Å². The molecule has 0 spiro atoms. The minimum atomic E-state index is -0.376. The molecule has 0 radical (unpaired) electrons. The fourth-order valence-corrected chi connectivity index (χ4v) is 1.98. The van der Waals surface area contributed by atoms with Crippen molar-refractivity contribution < 1.29 is 8.78 Å². The van der Waals surface area contributed by atoms with Crippen molar-refractivity contribution in [2.45, 2.75) is 39.2 Å². The number of rotatable bonds is 5. The summed E-state index contributed by atoms with van der Waals surface area (Å²) in [7, 11) is 0. The second-order valence-corrected chi connectivity index (χ2v) is 4.26. The first-order valence-corrected chi connectivity index (χ1v) is 5.73. The third-order valence-corrected chi connectivity index (χ3v) is 2.75. The number of hydrogen-bond donors (Lipinski definition) is 1. The third kappa shape index (κ3) is 3.56. The van der Waals surface area contributed by atoms with E-state index in [0.29, 0.717) is 11.6 Å². The third-order valence-electron chi connectivity index (χ3n) is 2.75. The Hall–Kier alpha value is -0.960. The number of halogens is 2. The summed E-state index contributed by atoms with van der Waals surface area (Å²) < 4.78 is 26.5. The Labute approximate surface area is 95.9 Å². The van der Waals surface area contributed by atoms with Crippen LogP contribution < -0.4 is 5.32 Å². The Balaban J connectivity index is 2.72. The van der Waals surface area contributed by atoms with Crippen LogP contribution in [0.2, 0.25) is 0 Å². The van der Waals surface area contributed by atoms with Crippen LogP contribution in [0.5, 0.6) is 0 Å². The van der Waals surface area contributed by atoms with Gasteiger partial charge in [-0.1, -0.05) is 13.8 Å². The summed E-state index contributed by atoms with van der Waals surface area (Å²) in [6.07, 6.45) is 0.800. The lowest BCUT2D eigenvalue weighted by molar-refractivity contribution is 0.475. The number of benzene rings is 1. The predicted molar refractivity (Wildman–Crippen MR) is 62.5 cm³/mol. The normalized spacial score (nSPS) is 14.8. The fourth-order valence-electron chi connectivity index (χ4n) is 1.98. The van der Waals surface area contributed by atoms with Crippen molar-refractivity contribution in [3.8, 4) is 0 Å². The van der Waals surface area contributed by atoms with E-state index in [2.05, 4.69) is 12.2 Å². The highest BCUT2D eigenvalue weighted by atomic mass is 19.1. The van der Waals surface area contributed by atoms with Gasteiger partial charge in [-0.3, -0.25) is 0 Å². The van der Waals surface area contributed by atoms with Gasteiger partial charge in [-0.25, -0.2) is 8.78 Å². The molecule has 16 heavy (non-hydrogen) atoms. The molecule has 1 aromatic rings. The monoisotopic (exact) mass is 227 g/mol. The maximum atomic E-state index is 13.5. The van der Waals surface area contributed by atoms with Gasteiger partial charge >= 0.3 is 0 Å². The van der Waals surface area contributed by atoms with Crippen LogP contribution in [-0.4, -0.2) is 12.6 Å². The van der Waals surface area contributed by atoms with E-state index < -0.39 is 0 Å². The molecule has 1 rings (SSSR count). The molecule has 1 nitrogen and oxygen atoms in total. The van der Waals surface area contributed by atoms with Crippen molar-refractivity contribution in [3.63, 3.8) is 0 Å². The zero-order valence-corrected chi connectivity index (χ0v) is 10.1. The van der Waals surface area contributed by atoms with Crippen LogP contribution in [0.4, 0.5) is 8.78 Å². The van der Waals surface area contributed by atoms with Crippen molar-refractivity contribution >= 4 is 0 Å². The standard InChI is InChI=1S/C13H19F2N/c1-4-16-10(3)7-9(2)12-8-11(14)5-6-13(12)15/h5-6,8-10,16H,4,7H2,1-3H3. The van der Waals surface area contributed by atoms with E-state index in [1.807, 2.05) is 13.8 Å². The van der Waals surface area contributed by atoms with E-state index in [9.17, 15) is 8.78 Å². The smallest absolute Gasteiger partial charge is 0.126 e. The molecule has 0 saturated carbocycles. The minimum Gasteiger partial charge on any atom is -0.315 e. The zero-order valence-electron chi connectivity index (χ0n) is 10.1. The second-order valence-electron chi connectivity index (χ2n) is 4.26. The molecule has 1 aromatic carbocycles. The van der Waals surface area contributed by atoms with Crippen LogP contribution in [-0.2, 0) is 0 Å². The molecule has 2 unspecified atom stereocenters. The second kappa shape index (κ2) is 5.94. The van der Waals surface area contributed by atoms with Gasteiger partial charge in [-0.2, -0.15) is 0 Å². The highest BCUT2D eigenvalue weighted by Gasteiger charge is 2.14. The van der Waals surface area contributed by atoms with Crippen molar-refractivity contribution in [3.05, 3.63) is 35.4 Å². The van der Waals surface area contributed by atoms with Gasteiger partial charge in [0.15, 0.2) is 0 Å². The lowest BCUT2D eigenvalue weighted by Gasteiger charge is -2.18. The van der Waals surface area contributed by atoms with E-state index in [1.54, 1.807) is 0 Å². The van der Waals surface area contributed by atoms with Crippen molar-refractivity contribution in [2.24, 2.45) is 0 Å². The summed E-state index contributed by atoms with van der Waals surface area (Å²) in [6, 6.07) is 3.94. The van der Waals surface area contributed by atoms with Crippen LogP contribution in [0, 0.1) is 11.6 Å². The Bertz CT molecular complexity index is 339. The molecule has 3 heteroatoms. The minimum absolute atomic E-state index is 0.0183. The zero-order chi connectivity index (χ0) is 12.1. The first-order valence-electron chi connectivity index (χ1n) is 5.73. The largest absolute Gasteiger partial charge is 0.315 e. The molecule has 0 aliphatic heterocycles. The first kappa shape index (κ1) is 13.1. The summed E-state index contributed by atoms with van der Waals surface area (Å²) in [4.78, 5) is 0. The van der Waals surface area contributed by atoms with Crippen molar-refractivity contribution in [1.29, 1.82) is 0 Å². The van der Waals surface area contributed by atoms with Crippen LogP contribution >= 0.6 is 0 Å². The number of hydrogen-bond acceptors (Lipinski definition) is 1. The predicted octanol–water partition coefficient (Wildman–Crippen LogP) is 3.46. The van der Waals surface area contributed by atoms with Crippen LogP contribution in [0.15, 0.2) is 18.2 Å². The number of nitrogens with one attached hydrogen (secondary N) is 1. The average Bonchev–Trinajstić information content (AvgIpc) is 2.21. The maximum absolute atomic E-state index is 13.5. The Kier molecular flexibility index (Phi) is 4.87. The molecule has 0 heterocycles. The van der Waals surface area contributed by atoms with E-state index in [-0.39, 0.29) is 17.6 Å². The van der Waals surface area contributed by atoms with Gasteiger partial charge in [-0.05, 0) is 49.6 Å². The lowest BCUT2D eigenvalue weighted by Crippen LogP contribution is -2.27. The van der Waals surface area contributed by atoms with Gasteiger partial charge in [0.1, 0.15) is 11.6 Å². The Morgan fingerprint density at radius 1 is 1.25 bits per heavy atom. The molecule has 90 valence electrons. The Morgan fingerprint density at radius 2 is 1.94 bits per heavy atom. The van der Waals surface area contributed by atoms with E-state index in [1.165, 1.54) is 12.1 Å². The molecule has 0 aromatic heterocycles. The molecule has 0 aliphatic carbocycles. The summed E-state index contributed by atoms with van der Waals surface area (Å²) in [6.45, 7) is 6.90. The van der Waals surface area contributed by atoms with E-state index in [0.717, 1.165) is 19.0 Å². The quantitative estimate of drug-likeness (QED) is 0.812. The highest BCUT2D eigenvalue weighted by Crippen LogP contribution is 2.24. The molecule has 1 N–H and O–H groups in total. The van der Waals surface area contributed by atoms with Crippen LogP contribution in [0.3, 0.4) is 0 Å². The van der Waals surface area contributed by atoms with Gasteiger partial charge in [0.25, 0.3) is 0 Å². The molecule has 0 aliphatic rings. The summed E-state index contributed by atoms with van der Waals surface area (Å²) in [5.74, 6) is -0.679. The first-order chi connectivity index (χ1) is 7.54. The average molecular weight is 227 g/mol. The van der Waals surface area contributed by atoms with E-state index >= 15 is 0 Å². The van der Waals surface area contributed by atoms with Crippen LogP contribution in [0.1, 0.15) is 38.7 Å². The molecular formula is C13H19F2N. The van der Waals surface area contributed by atoms with Crippen molar-refractivity contribution in [1.82, 2.24) is 5.32 Å². The SMILES string of the molecule is CCNC(C)CC(C)c1cc(F)ccc1F. The fraction of sp³-hybridized carbons (Fsp3) is 0.538. The lowest BCUT2D eigenvalue weighted by atomic mass is 9.94. The molecule has 0 fully saturated rings. The summed E-state index contributed by atoms with van der Waals surface area (Å²) >= 11 is 0. The molecule has 0 bridgehead atoms. The van der Waals surface area contributed by atoms with Gasteiger partial charge in [-0.15, -0.1) is 0 Å². The van der Waals surface area contributed by atoms with Crippen LogP contribution in [0.25, 0.3) is 0 Å². The van der Waals surface area contributed by atoms with Gasteiger partial charge < -0.3 is 5.32 Å². The molecule has 2 atom stereocenters. The van der Waals surface area contributed by atoms with Gasteiger partial charge in [0.05, 0.1) is 0 Å². The summed E-state index contributed by atoms with van der Waals surface area (Å²) in [5.41, 5.74) is 0.463. The molecular weight excluding hydrogens is 208 g/mol.